The first-order chi connectivity index (χ1) is 5.97. The number of nitrogens with zero attached hydrogens (tertiary/aromatic N) is 1. The van der Waals surface area contributed by atoms with Crippen LogP contribution in [0, 0.1) is 17.1 Å². The molecule has 0 spiro atoms. The molecule has 13 heavy (non-hydrogen) atoms. The van der Waals surface area contributed by atoms with Gasteiger partial charge >= 0.3 is 0 Å². The van der Waals surface area contributed by atoms with E-state index in [1.165, 1.54) is 12.1 Å². The zero-order chi connectivity index (χ0) is 10.1. The number of hydrogen-bond donors (Lipinski definition) is 0. The Bertz CT molecular complexity index is 366. The van der Waals surface area contributed by atoms with Crippen molar-refractivity contribution in [1.82, 2.24) is 0 Å². The molecule has 1 aromatic rings. The number of halogens is 2. The summed E-state index contributed by atoms with van der Waals surface area (Å²) in [5.74, 6) is -0.459. The molecule has 3 heteroatoms. The second-order valence-electron chi connectivity index (χ2n) is 3.37. The van der Waals surface area contributed by atoms with Gasteiger partial charge in [0.25, 0.3) is 0 Å². The molecule has 0 aliphatic heterocycles. The molecule has 1 aromatic carbocycles. The highest BCUT2D eigenvalue weighted by molar-refractivity contribution is 6.30. The molecule has 0 saturated heterocycles. The van der Waals surface area contributed by atoms with Gasteiger partial charge in [-0.3, -0.25) is 0 Å². The van der Waals surface area contributed by atoms with Gasteiger partial charge in [-0.15, -0.1) is 0 Å². The van der Waals surface area contributed by atoms with Crippen LogP contribution in [0.5, 0.6) is 0 Å². The van der Waals surface area contributed by atoms with E-state index in [4.69, 9.17) is 16.9 Å². The first-order valence-corrected chi connectivity index (χ1v) is 4.22. The fourth-order valence-electron chi connectivity index (χ4n) is 0.949. The topological polar surface area (TPSA) is 23.8 Å². The van der Waals surface area contributed by atoms with E-state index >= 15 is 0 Å². The fourth-order valence-corrected chi connectivity index (χ4v) is 1.13. The first-order valence-electron chi connectivity index (χ1n) is 3.84. The molecular formula is C10H9ClFN. The molecule has 0 aliphatic carbocycles. The normalized spacial score (nSPS) is 11.0. The molecule has 0 saturated carbocycles. The highest BCUT2D eigenvalue weighted by Crippen LogP contribution is 2.26. The van der Waals surface area contributed by atoms with Crippen molar-refractivity contribution in [1.29, 1.82) is 5.26 Å². The maximum absolute atomic E-state index is 12.8. The van der Waals surface area contributed by atoms with Crippen molar-refractivity contribution in [2.45, 2.75) is 19.3 Å². The Hall–Kier alpha value is -1.07. The van der Waals surface area contributed by atoms with Crippen molar-refractivity contribution in [3.63, 3.8) is 0 Å². The van der Waals surface area contributed by atoms with E-state index in [0.717, 1.165) is 5.56 Å². The predicted molar refractivity (Wildman–Crippen MR) is 50.0 cm³/mol. The molecule has 0 heterocycles. The van der Waals surface area contributed by atoms with Gasteiger partial charge in [-0.25, -0.2) is 4.39 Å². The minimum atomic E-state index is -0.628. The summed E-state index contributed by atoms with van der Waals surface area (Å²) in [6.45, 7) is 3.52. The van der Waals surface area contributed by atoms with Crippen LogP contribution in [0.2, 0.25) is 5.02 Å². The van der Waals surface area contributed by atoms with Crippen LogP contribution in [0.15, 0.2) is 18.2 Å². The van der Waals surface area contributed by atoms with E-state index in [1.54, 1.807) is 19.9 Å². The molecule has 68 valence electrons. The molecular weight excluding hydrogens is 189 g/mol. The van der Waals surface area contributed by atoms with Gasteiger partial charge in [0, 0.05) is 0 Å². The molecule has 0 fully saturated rings. The third-order valence-electron chi connectivity index (χ3n) is 1.92. The minimum Gasteiger partial charge on any atom is -0.205 e. The Kier molecular flexibility index (Phi) is 2.58. The maximum atomic E-state index is 12.8. The van der Waals surface area contributed by atoms with E-state index < -0.39 is 11.2 Å². The monoisotopic (exact) mass is 197 g/mol. The van der Waals surface area contributed by atoms with Gasteiger partial charge in [-0.1, -0.05) is 17.7 Å². The molecule has 0 amide bonds. The molecule has 0 N–H and O–H groups in total. The number of nitriles is 1. The summed E-state index contributed by atoms with van der Waals surface area (Å²) in [5, 5.41) is 8.88. The summed E-state index contributed by atoms with van der Waals surface area (Å²) in [6, 6.07) is 6.46. The lowest BCUT2D eigenvalue weighted by atomic mass is 9.86. The first kappa shape index (κ1) is 10.0. The third-order valence-corrected chi connectivity index (χ3v) is 2.21. The van der Waals surface area contributed by atoms with E-state index in [1.807, 2.05) is 0 Å². The van der Waals surface area contributed by atoms with Gasteiger partial charge in [0.1, 0.15) is 5.82 Å². The van der Waals surface area contributed by atoms with Gasteiger partial charge in [0.05, 0.1) is 16.5 Å². The lowest BCUT2D eigenvalue weighted by molar-refractivity contribution is 0.622. The molecule has 1 rings (SSSR count). The summed E-state index contributed by atoms with van der Waals surface area (Å²) >= 11 is 5.59. The Labute approximate surface area is 81.8 Å². The van der Waals surface area contributed by atoms with Crippen LogP contribution in [0.25, 0.3) is 0 Å². The van der Waals surface area contributed by atoms with Crippen LogP contribution in [0.3, 0.4) is 0 Å². The van der Waals surface area contributed by atoms with Gasteiger partial charge in [0.15, 0.2) is 0 Å². The Morgan fingerprint density at radius 1 is 1.46 bits per heavy atom. The van der Waals surface area contributed by atoms with Crippen LogP contribution < -0.4 is 0 Å². The van der Waals surface area contributed by atoms with E-state index in [-0.39, 0.29) is 5.02 Å². The second-order valence-corrected chi connectivity index (χ2v) is 3.77. The SMILES string of the molecule is CC(C)(C#N)c1ccc(F)c(Cl)c1. The lowest BCUT2D eigenvalue weighted by Gasteiger charge is -2.15. The predicted octanol–water partition coefficient (Wildman–Crippen LogP) is 3.28. The van der Waals surface area contributed by atoms with Crippen molar-refractivity contribution < 1.29 is 4.39 Å². The smallest absolute Gasteiger partial charge is 0.141 e. The van der Waals surface area contributed by atoms with Crippen molar-refractivity contribution in [2.75, 3.05) is 0 Å². The number of rotatable bonds is 1. The Balaban J connectivity index is 3.20. The minimum absolute atomic E-state index is 0.0563. The Morgan fingerprint density at radius 3 is 2.54 bits per heavy atom. The summed E-state index contributed by atoms with van der Waals surface area (Å²) < 4.78 is 12.8. The largest absolute Gasteiger partial charge is 0.205 e. The van der Waals surface area contributed by atoms with Crippen molar-refractivity contribution >= 4 is 11.6 Å². The van der Waals surface area contributed by atoms with Crippen LogP contribution in [-0.4, -0.2) is 0 Å². The quantitative estimate of drug-likeness (QED) is 0.678. The van der Waals surface area contributed by atoms with Crippen LogP contribution in [0.1, 0.15) is 19.4 Å². The van der Waals surface area contributed by atoms with Gasteiger partial charge in [-0.2, -0.15) is 5.26 Å². The van der Waals surface area contributed by atoms with E-state index in [2.05, 4.69) is 6.07 Å². The molecule has 0 atom stereocenters. The average Bonchev–Trinajstić information content (AvgIpc) is 2.09. The molecule has 1 nitrogen and oxygen atoms in total. The van der Waals surface area contributed by atoms with Crippen molar-refractivity contribution in [3.8, 4) is 6.07 Å². The standard InChI is InChI=1S/C10H9ClFN/c1-10(2,6-13)7-3-4-9(12)8(11)5-7/h3-5H,1-2H3. The Morgan fingerprint density at radius 2 is 2.08 bits per heavy atom. The van der Waals surface area contributed by atoms with E-state index in [9.17, 15) is 4.39 Å². The van der Waals surface area contributed by atoms with Gasteiger partial charge < -0.3 is 0 Å². The summed E-state index contributed by atoms with van der Waals surface area (Å²) in [5.41, 5.74) is 0.0959. The number of hydrogen-bond acceptors (Lipinski definition) is 1. The van der Waals surface area contributed by atoms with Gasteiger partial charge in [0.2, 0.25) is 0 Å². The summed E-state index contributed by atoms with van der Waals surface area (Å²) in [4.78, 5) is 0. The van der Waals surface area contributed by atoms with Gasteiger partial charge in [-0.05, 0) is 31.5 Å². The zero-order valence-corrected chi connectivity index (χ0v) is 8.19. The van der Waals surface area contributed by atoms with Crippen molar-refractivity contribution in [3.05, 3.63) is 34.6 Å². The zero-order valence-electron chi connectivity index (χ0n) is 7.44. The molecule has 0 unspecified atom stereocenters. The fraction of sp³-hybridized carbons (Fsp3) is 0.300. The molecule has 0 bridgehead atoms. The third kappa shape index (κ3) is 1.99. The highest BCUT2D eigenvalue weighted by Gasteiger charge is 2.20. The maximum Gasteiger partial charge on any atom is 0.141 e. The molecule has 0 aliphatic rings. The van der Waals surface area contributed by atoms with Crippen molar-refractivity contribution in [2.24, 2.45) is 0 Å². The second kappa shape index (κ2) is 3.35. The summed E-state index contributed by atoms with van der Waals surface area (Å²) in [6.07, 6.45) is 0. The highest BCUT2D eigenvalue weighted by atomic mass is 35.5. The van der Waals surface area contributed by atoms with Crippen LogP contribution >= 0.6 is 11.6 Å². The van der Waals surface area contributed by atoms with Crippen LogP contribution in [-0.2, 0) is 5.41 Å². The summed E-state index contributed by atoms with van der Waals surface area (Å²) in [7, 11) is 0. The molecule has 0 radical (unpaired) electrons. The van der Waals surface area contributed by atoms with E-state index in [0.29, 0.717) is 0 Å². The average molecular weight is 198 g/mol. The van der Waals surface area contributed by atoms with Crippen LogP contribution in [0.4, 0.5) is 4.39 Å². The molecule has 0 aromatic heterocycles. The lowest BCUT2D eigenvalue weighted by Crippen LogP contribution is -2.13. The number of benzene rings is 1.